The van der Waals surface area contributed by atoms with Gasteiger partial charge in [0.1, 0.15) is 17.4 Å². The number of nitrogens with zero attached hydrogens (tertiary/aromatic N) is 5. The van der Waals surface area contributed by atoms with Gasteiger partial charge in [-0.15, -0.1) is 0 Å². The van der Waals surface area contributed by atoms with Gasteiger partial charge in [-0.05, 0) is 74.5 Å². The summed E-state index contributed by atoms with van der Waals surface area (Å²) in [6.07, 6.45) is 1.71. The van der Waals surface area contributed by atoms with Crippen molar-refractivity contribution in [1.29, 1.82) is 0 Å². The summed E-state index contributed by atoms with van der Waals surface area (Å²) in [5.41, 5.74) is 3.98. The van der Waals surface area contributed by atoms with Crippen molar-refractivity contribution in [3.05, 3.63) is 84.4 Å². The van der Waals surface area contributed by atoms with Gasteiger partial charge in [-0.3, -0.25) is 14.3 Å². The Morgan fingerprint density at radius 1 is 0.897 bits per heavy atom. The van der Waals surface area contributed by atoms with Gasteiger partial charge in [-0.25, -0.2) is 9.37 Å². The molecule has 0 radical (unpaired) electrons. The van der Waals surface area contributed by atoms with Crippen LogP contribution in [0.3, 0.4) is 0 Å². The number of para-hydroxylation sites is 2. The Balaban J connectivity index is 1.07. The number of imidazole rings is 1. The Morgan fingerprint density at radius 3 is 2.38 bits per heavy atom. The van der Waals surface area contributed by atoms with Crippen LogP contribution in [-0.4, -0.2) is 71.6 Å². The highest BCUT2D eigenvalue weighted by molar-refractivity contribution is 5.79. The highest BCUT2D eigenvalue weighted by Crippen LogP contribution is 2.27. The molecule has 7 nitrogen and oxygen atoms in total. The molecule has 0 N–H and O–H groups in total. The first-order chi connectivity index (χ1) is 19.1. The third-order valence-corrected chi connectivity index (χ3v) is 8.03. The van der Waals surface area contributed by atoms with Gasteiger partial charge < -0.3 is 14.5 Å². The number of carbonyl (C=O) groups excluding carboxylic acids is 1. The highest BCUT2D eigenvalue weighted by atomic mass is 19.1. The van der Waals surface area contributed by atoms with Crippen molar-refractivity contribution < 1.29 is 13.9 Å². The van der Waals surface area contributed by atoms with Gasteiger partial charge in [0.05, 0.1) is 24.7 Å². The molecule has 2 fully saturated rings. The molecule has 6 rings (SSSR count). The lowest BCUT2D eigenvalue weighted by Gasteiger charge is -2.39. The summed E-state index contributed by atoms with van der Waals surface area (Å²) < 4.78 is 21.1. The monoisotopic (exact) mass is 527 g/mol. The highest BCUT2D eigenvalue weighted by Gasteiger charge is 2.31. The van der Waals surface area contributed by atoms with Crippen molar-refractivity contribution in [1.82, 2.24) is 19.4 Å². The Hall–Kier alpha value is -3.91. The smallest absolute Gasteiger partial charge is 0.225 e. The van der Waals surface area contributed by atoms with Gasteiger partial charge in [0.25, 0.3) is 0 Å². The fourth-order valence-corrected chi connectivity index (χ4v) is 5.85. The standard InChI is InChI=1S/C31H34FN5O2/c1-39-27-6-4-5-26(21-27)35-17-19-36(20-18-35)31(38)23-13-15-34(16-14-23)22-30-33-28-7-2-3-8-29(28)37(30)25-11-9-24(32)10-12-25/h2-12,21,23H,13-20,22H2,1H3. The first kappa shape index (κ1) is 25.4. The molecule has 2 saturated heterocycles. The molecular formula is C31H34FN5O2. The van der Waals surface area contributed by atoms with Crippen LogP contribution in [0.15, 0.2) is 72.8 Å². The second-order valence-electron chi connectivity index (χ2n) is 10.4. The first-order valence-corrected chi connectivity index (χ1v) is 13.7. The van der Waals surface area contributed by atoms with E-state index in [2.05, 4.69) is 26.5 Å². The number of amides is 1. The van der Waals surface area contributed by atoms with Crippen molar-refractivity contribution in [2.24, 2.45) is 5.92 Å². The van der Waals surface area contributed by atoms with Crippen LogP contribution >= 0.6 is 0 Å². The summed E-state index contributed by atoms with van der Waals surface area (Å²) in [7, 11) is 1.68. The number of hydrogen-bond acceptors (Lipinski definition) is 5. The van der Waals surface area contributed by atoms with Crippen LogP contribution in [0.25, 0.3) is 16.7 Å². The molecule has 4 aromatic rings. The molecule has 0 spiro atoms. The average Bonchev–Trinajstić information content (AvgIpc) is 3.35. The zero-order valence-corrected chi connectivity index (χ0v) is 22.3. The number of ether oxygens (including phenoxy) is 1. The molecule has 0 saturated carbocycles. The summed E-state index contributed by atoms with van der Waals surface area (Å²) in [6, 6.07) is 22.7. The third kappa shape index (κ3) is 5.34. The summed E-state index contributed by atoms with van der Waals surface area (Å²) in [5, 5.41) is 0. The van der Waals surface area contributed by atoms with E-state index < -0.39 is 0 Å². The maximum absolute atomic E-state index is 13.6. The van der Waals surface area contributed by atoms with E-state index in [-0.39, 0.29) is 11.7 Å². The van der Waals surface area contributed by atoms with E-state index in [9.17, 15) is 9.18 Å². The van der Waals surface area contributed by atoms with Crippen LogP contribution in [0.4, 0.5) is 10.1 Å². The maximum Gasteiger partial charge on any atom is 0.225 e. The molecule has 202 valence electrons. The van der Waals surface area contributed by atoms with Gasteiger partial charge in [-0.2, -0.15) is 0 Å². The molecule has 0 atom stereocenters. The fourth-order valence-electron chi connectivity index (χ4n) is 5.85. The van der Waals surface area contributed by atoms with Gasteiger partial charge in [0.2, 0.25) is 5.91 Å². The topological polar surface area (TPSA) is 53.8 Å². The van der Waals surface area contributed by atoms with E-state index in [1.54, 1.807) is 19.2 Å². The molecule has 0 bridgehead atoms. The number of hydrogen-bond donors (Lipinski definition) is 0. The quantitative estimate of drug-likeness (QED) is 0.363. The minimum absolute atomic E-state index is 0.0699. The van der Waals surface area contributed by atoms with E-state index in [1.165, 1.54) is 12.1 Å². The number of piperazine rings is 1. The summed E-state index contributed by atoms with van der Waals surface area (Å²) in [4.78, 5) is 25.0. The minimum atomic E-state index is -0.252. The number of anilines is 1. The molecular weight excluding hydrogens is 493 g/mol. The van der Waals surface area contributed by atoms with Crippen molar-refractivity contribution in [2.75, 3.05) is 51.3 Å². The number of rotatable bonds is 6. The van der Waals surface area contributed by atoms with Crippen LogP contribution in [0.1, 0.15) is 18.7 Å². The predicted molar refractivity (Wildman–Crippen MR) is 151 cm³/mol. The average molecular weight is 528 g/mol. The number of carbonyl (C=O) groups is 1. The van der Waals surface area contributed by atoms with Gasteiger partial charge >= 0.3 is 0 Å². The molecule has 0 unspecified atom stereocenters. The molecule has 8 heteroatoms. The Labute approximate surface area is 228 Å². The lowest BCUT2D eigenvalue weighted by molar-refractivity contribution is -0.137. The largest absolute Gasteiger partial charge is 0.497 e. The van der Waals surface area contributed by atoms with Gasteiger partial charge in [-0.1, -0.05) is 18.2 Å². The molecule has 3 aromatic carbocycles. The second kappa shape index (κ2) is 11.1. The number of piperidine rings is 1. The molecule has 2 aliphatic rings. The van der Waals surface area contributed by atoms with E-state index in [4.69, 9.17) is 9.72 Å². The molecule has 2 aliphatic heterocycles. The second-order valence-corrected chi connectivity index (χ2v) is 10.4. The molecule has 39 heavy (non-hydrogen) atoms. The number of likely N-dealkylation sites (tertiary alicyclic amines) is 1. The van der Waals surface area contributed by atoms with Crippen LogP contribution < -0.4 is 9.64 Å². The van der Waals surface area contributed by atoms with Crippen molar-refractivity contribution in [2.45, 2.75) is 19.4 Å². The Kier molecular flexibility index (Phi) is 7.20. The first-order valence-electron chi connectivity index (χ1n) is 13.7. The van der Waals surface area contributed by atoms with E-state index in [0.717, 1.165) is 86.1 Å². The lowest BCUT2D eigenvalue weighted by atomic mass is 9.95. The predicted octanol–water partition coefficient (Wildman–Crippen LogP) is 4.73. The third-order valence-electron chi connectivity index (χ3n) is 8.03. The van der Waals surface area contributed by atoms with Crippen molar-refractivity contribution in [3.63, 3.8) is 0 Å². The summed E-state index contributed by atoms with van der Waals surface area (Å²) in [6.45, 7) is 5.55. The zero-order valence-electron chi connectivity index (χ0n) is 22.3. The van der Waals surface area contributed by atoms with Crippen LogP contribution in [0, 0.1) is 11.7 Å². The van der Waals surface area contributed by atoms with Gasteiger partial charge in [0, 0.05) is 49.5 Å². The SMILES string of the molecule is COc1cccc(N2CCN(C(=O)C3CCN(Cc4nc5ccccc5n4-c4ccc(F)cc4)CC3)CC2)c1. The van der Waals surface area contributed by atoms with E-state index in [1.807, 2.05) is 41.3 Å². The normalized spacial score (nSPS) is 17.1. The number of aromatic nitrogens is 2. The number of fused-ring (bicyclic) bond motifs is 1. The van der Waals surface area contributed by atoms with Gasteiger partial charge in [0.15, 0.2) is 0 Å². The number of halogens is 1. The zero-order chi connectivity index (χ0) is 26.8. The number of methoxy groups -OCH3 is 1. The van der Waals surface area contributed by atoms with Crippen LogP contribution in [0.2, 0.25) is 0 Å². The number of benzene rings is 3. The van der Waals surface area contributed by atoms with Crippen LogP contribution in [0.5, 0.6) is 5.75 Å². The Morgan fingerprint density at radius 2 is 1.64 bits per heavy atom. The fraction of sp³-hybridized carbons (Fsp3) is 0.355. The lowest BCUT2D eigenvalue weighted by Crippen LogP contribution is -2.51. The van der Waals surface area contributed by atoms with Crippen molar-refractivity contribution >= 4 is 22.6 Å². The van der Waals surface area contributed by atoms with E-state index in [0.29, 0.717) is 12.5 Å². The molecule has 0 aliphatic carbocycles. The Bertz CT molecular complexity index is 1440. The maximum atomic E-state index is 13.6. The molecule has 3 heterocycles. The van der Waals surface area contributed by atoms with Crippen LogP contribution in [-0.2, 0) is 11.3 Å². The molecule has 1 aromatic heterocycles. The molecule has 1 amide bonds. The van der Waals surface area contributed by atoms with Crippen molar-refractivity contribution in [3.8, 4) is 11.4 Å². The minimum Gasteiger partial charge on any atom is -0.497 e. The summed E-state index contributed by atoms with van der Waals surface area (Å²) >= 11 is 0. The van der Waals surface area contributed by atoms with E-state index >= 15 is 0 Å². The summed E-state index contributed by atoms with van der Waals surface area (Å²) in [5.74, 6) is 1.89.